The summed E-state index contributed by atoms with van der Waals surface area (Å²) in [6.45, 7) is 0. The van der Waals surface area contributed by atoms with E-state index in [1.54, 1.807) is 31.3 Å². The van der Waals surface area contributed by atoms with Crippen molar-refractivity contribution in [2.24, 2.45) is 0 Å². The smallest absolute Gasteiger partial charge is 0.311 e. The van der Waals surface area contributed by atoms with E-state index in [0.717, 1.165) is 5.69 Å². The summed E-state index contributed by atoms with van der Waals surface area (Å²) in [4.78, 5) is 21.6. The molecular formula is C10H11NO3. The molecule has 0 bridgehead atoms. The van der Waals surface area contributed by atoms with Crippen molar-refractivity contribution in [2.75, 3.05) is 12.4 Å². The molecule has 1 aromatic rings. The van der Waals surface area contributed by atoms with Gasteiger partial charge in [0.2, 0.25) is 0 Å². The summed E-state index contributed by atoms with van der Waals surface area (Å²) in [5.41, 5.74) is 1.21. The summed E-state index contributed by atoms with van der Waals surface area (Å²) in [6.07, 6.45) is -0.465. The number of hydrogen-bond acceptors (Lipinski definition) is 3. The van der Waals surface area contributed by atoms with Crippen molar-refractivity contribution in [1.82, 2.24) is 0 Å². The molecule has 0 spiro atoms. The number of hydrogen-bond donors (Lipinski definition) is 2. The number of carbonyl (C=O) groups excluding carboxylic acids is 1. The lowest BCUT2D eigenvalue weighted by molar-refractivity contribution is -0.135. The summed E-state index contributed by atoms with van der Waals surface area (Å²) in [7, 11) is 1.74. The van der Waals surface area contributed by atoms with Crippen LogP contribution in [0.4, 0.5) is 5.69 Å². The first kappa shape index (κ1) is 10.2. The molecule has 14 heavy (non-hydrogen) atoms. The molecule has 0 aromatic heterocycles. The highest BCUT2D eigenvalue weighted by atomic mass is 16.4. The second-order valence-electron chi connectivity index (χ2n) is 2.82. The molecule has 2 N–H and O–H groups in total. The molecule has 4 nitrogen and oxygen atoms in total. The van der Waals surface area contributed by atoms with Crippen LogP contribution in [-0.2, 0) is 4.79 Å². The Morgan fingerprint density at radius 2 is 2.14 bits per heavy atom. The van der Waals surface area contributed by atoms with Gasteiger partial charge in [-0.1, -0.05) is 12.1 Å². The van der Waals surface area contributed by atoms with Gasteiger partial charge in [-0.05, 0) is 12.1 Å². The molecule has 0 atom stereocenters. The van der Waals surface area contributed by atoms with Crippen molar-refractivity contribution < 1.29 is 14.7 Å². The molecule has 0 fully saturated rings. The van der Waals surface area contributed by atoms with Crippen LogP contribution in [0.25, 0.3) is 0 Å². The van der Waals surface area contributed by atoms with Gasteiger partial charge in [0.25, 0.3) is 0 Å². The lowest BCUT2D eigenvalue weighted by atomic mass is 10.1. The summed E-state index contributed by atoms with van der Waals surface area (Å²) in [5.74, 6) is -1.49. The van der Waals surface area contributed by atoms with Gasteiger partial charge < -0.3 is 10.4 Å². The average Bonchev–Trinajstić information content (AvgIpc) is 2.17. The van der Waals surface area contributed by atoms with Crippen molar-refractivity contribution in [2.45, 2.75) is 6.42 Å². The Balaban J connectivity index is 2.84. The zero-order valence-corrected chi connectivity index (χ0v) is 7.78. The van der Waals surface area contributed by atoms with Gasteiger partial charge in [0.1, 0.15) is 6.42 Å². The van der Waals surface area contributed by atoms with Crippen LogP contribution in [0.3, 0.4) is 0 Å². The molecule has 0 radical (unpaired) electrons. The first-order chi connectivity index (χ1) is 6.63. The Morgan fingerprint density at radius 1 is 1.43 bits per heavy atom. The number of rotatable bonds is 4. The van der Waals surface area contributed by atoms with Crippen LogP contribution >= 0.6 is 0 Å². The first-order valence-electron chi connectivity index (χ1n) is 4.16. The van der Waals surface area contributed by atoms with Crippen LogP contribution in [0.2, 0.25) is 0 Å². The molecular weight excluding hydrogens is 182 g/mol. The van der Waals surface area contributed by atoms with Gasteiger partial charge in [0, 0.05) is 18.3 Å². The summed E-state index contributed by atoms with van der Waals surface area (Å²) >= 11 is 0. The highest BCUT2D eigenvalue weighted by Crippen LogP contribution is 2.11. The van der Waals surface area contributed by atoms with Gasteiger partial charge in [-0.25, -0.2) is 0 Å². The van der Waals surface area contributed by atoms with Crippen molar-refractivity contribution >= 4 is 17.4 Å². The van der Waals surface area contributed by atoms with Crippen LogP contribution in [0.1, 0.15) is 16.8 Å². The minimum absolute atomic E-state index is 0.380. The largest absolute Gasteiger partial charge is 0.481 e. The molecule has 0 aliphatic rings. The van der Waals surface area contributed by atoms with E-state index in [4.69, 9.17) is 5.11 Å². The van der Waals surface area contributed by atoms with Crippen molar-refractivity contribution in [3.8, 4) is 0 Å². The normalized spacial score (nSPS) is 9.50. The quantitative estimate of drug-likeness (QED) is 0.560. The molecule has 74 valence electrons. The third-order valence-electron chi connectivity index (χ3n) is 1.79. The summed E-state index contributed by atoms with van der Waals surface area (Å²) in [5, 5.41) is 11.3. The maximum atomic E-state index is 11.3. The number of ketones is 1. The highest BCUT2D eigenvalue weighted by Gasteiger charge is 2.10. The topological polar surface area (TPSA) is 66.4 Å². The molecule has 0 aliphatic heterocycles. The Labute approximate surface area is 81.6 Å². The first-order valence-corrected chi connectivity index (χ1v) is 4.16. The van der Waals surface area contributed by atoms with E-state index in [2.05, 4.69) is 5.32 Å². The van der Waals surface area contributed by atoms with Gasteiger partial charge in [-0.2, -0.15) is 0 Å². The Bertz CT molecular complexity index is 360. The van der Waals surface area contributed by atoms with Gasteiger partial charge in [0.15, 0.2) is 5.78 Å². The van der Waals surface area contributed by atoms with E-state index < -0.39 is 12.4 Å². The van der Waals surface area contributed by atoms with E-state index in [1.807, 2.05) is 0 Å². The molecule has 0 amide bonds. The summed E-state index contributed by atoms with van der Waals surface area (Å²) in [6, 6.07) is 6.75. The predicted octanol–water partition coefficient (Wildman–Crippen LogP) is 1.39. The van der Waals surface area contributed by atoms with Crippen molar-refractivity contribution in [1.29, 1.82) is 0 Å². The van der Waals surface area contributed by atoms with Crippen LogP contribution < -0.4 is 5.32 Å². The SMILES string of the molecule is CNc1cccc(C(=O)CC(=O)O)c1. The monoisotopic (exact) mass is 193 g/mol. The average molecular weight is 193 g/mol. The Morgan fingerprint density at radius 3 is 2.71 bits per heavy atom. The van der Waals surface area contributed by atoms with Gasteiger partial charge >= 0.3 is 5.97 Å². The van der Waals surface area contributed by atoms with Crippen LogP contribution in [0.5, 0.6) is 0 Å². The fraction of sp³-hybridized carbons (Fsp3) is 0.200. The number of carbonyl (C=O) groups is 2. The molecule has 0 heterocycles. The van der Waals surface area contributed by atoms with E-state index in [9.17, 15) is 9.59 Å². The van der Waals surface area contributed by atoms with E-state index in [0.29, 0.717) is 5.56 Å². The number of carboxylic acid groups (broad SMARTS) is 1. The van der Waals surface area contributed by atoms with Gasteiger partial charge in [-0.3, -0.25) is 9.59 Å². The third kappa shape index (κ3) is 2.58. The van der Waals surface area contributed by atoms with Crippen LogP contribution in [-0.4, -0.2) is 23.9 Å². The minimum Gasteiger partial charge on any atom is -0.481 e. The second kappa shape index (κ2) is 4.41. The van der Waals surface area contributed by atoms with Crippen molar-refractivity contribution in [3.63, 3.8) is 0 Å². The lowest BCUT2D eigenvalue weighted by Gasteiger charge is -2.02. The molecule has 0 unspecified atom stereocenters. The maximum Gasteiger partial charge on any atom is 0.311 e. The fourth-order valence-corrected chi connectivity index (χ4v) is 1.09. The van der Waals surface area contributed by atoms with Crippen LogP contribution in [0, 0.1) is 0 Å². The standard InChI is InChI=1S/C10H11NO3/c1-11-8-4-2-3-7(5-8)9(12)6-10(13)14/h2-5,11H,6H2,1H3,(H,13,14). The summed E-state index contributed by atoms with van der Waals surface area (Å²) < 4.78 is 0. The van der Waals surface area contributed by atoms with E-state index in [-0.39, 0.29) is 5.78 Å². The fourth-order valence-electron chi connectivity index (χ4n) is 1.09. The zero-order valence-electron chi connectivity index (χ0n) is 7.78. The Kier molecular flexibility index (Phi) is 3.23. The molecule has 0 saturated heterocycles. The number of carboxylic acids is 1. The van der Waals surface area contributed by atoms with E-state index in [1.165, 1.54) is 0 Å². The zero-order chi connectivity index (χ0) is 10.6. The number of aliphatic carboxylic acids is 1. The van der Waals surface area contributed by atoms with Crippen molar-refractivity contribution in [3.05, 3.63) is 29.8 Å². The molecule has 1 aromatic carbocycles. The van der Waals surface area contributed by atoms with Gasteiger partial charge in [-0.15, -0.1) is 0 Å². The number of Topliss-reactive ketones (excluding diaryl/α,β-unsaturated/α-hetero) is 1. The Hall–Kier alpha value is -1.84. The second-order valence-corrected chi connectivity index (χ2v) is 2.82. The third-order valence-corrected chi connectivity index (χ3v) is 1.79. The highest BCUT2D eigenvalue weighted by molar-refractivity contribution is 6.05. The number of benzene rings is 1. The molecule has 0 aliphatic carbocycles. The van der Waals surface area contributed by atoms with E-state index >= 15 is 0 Å². The molecule has 4 heteroatoms. The van der Waals surface area contributed by atoms with Gasteiger partial charge in [0.05, 0.1) is 0 Å². The predicted molar refractivity (Wildman–Crippen MR) is 52.6 cm³/mol. The minimum atomic E-state index is -1.11. The number of anilines is 1. The number of nitrogens with one attached hydrogen (secondary N) is 1. The molecule has 0 saturated carbocycles. The molecule has 1 rings (SSSR count). The lowest BCUT2D eigenvalue weighted by Crippen LogP contribution is -2.07. The van der Waals surface area contributed by atoms with Crippen LogP contribution in [0.15, 0.2) is 24.3 Å². The maximum absolute atomic E-state index is 11.3.